The first-order valence-electron chi connectivity index (χ1n) is 40.5. The minimum Gasteiger partial charge on any atom is -1.00 e. The first-order chi connectivity index (χ1) is 41.8. The van der Waals surface area contributed by atoms with Gasteiger partial charge in [-0.2, -0.15) is 0 Å². The van der Waals surface area contributed by atoms with E-state index < -0.39 is 11.7 Å². The quantitative estimate of drug-likeness (QED) is 0.0343. The zero-order chi connectivity index (χ0) is 62.4. The molecule has 0 spiro atoms. The maximum atomic E-state index is 9.84. The SMILES string of the molecule is CCCCCCCCN(CCCCCCCC)C(OC(C(CC)CCCC)(N(CCCCCCCC)CCCCCCCC)N(CCCCCCCC)CCCCCCCC)(C(CC)CCCC)N(CCCCCCCC)CCCCCCCC.[Cl-].[Cl-].[Cl-].[Cl-].[Ti+4]. The summed E-state index contributed by atoms with van der Waals surface area (Å²) in [5.41, 5.74) is 0. The van der Waals surface area contributed by atoms with E-state index >= 15 is 0 Å². The Morgan fingerprint density at radius 3 is 0.467 bits per heavy atom. The molecule has 0 aliphatic heterocycles. The Balaban J connectivity index is -0.00000353. The molecule has 0 saturated heterocycles. The van der Waals surface area contributed by atoms with E-state index in [0.717, 1.165) is 0 Å². The summed E-state index contributed by atoms with van der Waals surface area (Å²) >= 11 is 0. The predicted octanol–water partition coefficient (Wildman–Crippen LogP) is 14.8. The Kier molecular flexibility index (Phi) is 89.0. The Morgan fingerprint density at radius 1 is 0.200 bits per heavy atom. The van der Waals surface area contributed by atoms with Crippen LogP contribution in [-0.4, -0.2) is 83.7 Å². The number of ether oxygens (including phenoxy) is 1. The van der Waals surface area contributed by atoms with Crippen LogP contribution in [0.25, 0.3) is 0 Å². The summed E-state index contributed by atoms with van der Waals surface area (Å²) < 4.78 is 9.84. The van der Waals surface area contributed by atoms with Gasteiger partial charge >= 0.3 is 21.7 Å². The van der Waals surface area contributed by atoms with E-state index in [4.69, 9.17) is 0 Å². The molecule has 544 valence electrons. The second-order valence-corrected chi connectivity index (χ2v) is 28.0. The van der Waals surface area contributed by atoms with Crippen LogP contribution in [-0.2, 0) is 26.5 Å². The van der Waals surface area contributed by atoms with Gasteiger partial charge in [0.2, 0.25) is 0 Å². The van der Waals surface area contributed by atoms with Gasteiger partial charge in [0, 0.05) is 64.2 Å². The molecule has 0 aromatic heterocycles. The molecule has 0 saturated carbocycles. The van der Waals surface area contributed by atoms with Crippen molar-refractivity contribution in [1.29, 1.82) is 0 Å². The van der Waals surface area contributed by atoms with E-state index in [0.29, 0.717) is 11.8 Å². The van der Waals surface area contributed by atoms with Gasteiger partial charge in [0.05, 0.1) is 0 Å². The second-order valence-electron chi connectivity index (χ2n) is 28.0. The summed E-state index contributed by atoms with van der Waals surface area (Å²) in [6, 6.07) is 0. The zero-order valence-corrected chi connectivity index (χ0v) is 68.2. The molecule has 90 heavy (non-hydrogen) atoms. The van der Waals surface area contributed by atoms with Crippen LogP contribution in [0.2, 0.25) is 0 Å². The summed E-state index contributed by atoms with van der Waals surface area (Å²) in [4.78, 5) is 12.9. The van der Waals surface area contributed by atoms with Gasteiger partial charge < -0.3 is 54.4 Å². The third-order valence-electron chi connectivity index (χ3n) is 20.2. The maximum absolute atomic E-state index is 9.84. The van der Waals surface area contributed by atoms with Gasteiger partial charge in [-0.15, -0.1) is 0 Å². The average Bonchev–Trinajstić information content (AvgIpc) is 0.744. The number of halogens is 4. The fourth-order valence-corrected chi connectivity index (χ4v) is 14.7. The Hall–Kier alpha value is 1.67. The van der Waals surface area contributed by atoms with Gasteiger partial charge in [-0.3, -0.25) is 19.6 Å². The van der Waals surface area contributed by atoms with Crippen LogP contribution in [0.3, 0.4) is 0 Å². The molecule has 0 N–H and O–H groups in total. The molecule has 0 heterocycles. The molecular formula is C80H166Cl4N4OTi. The number of rotatable bonds is 72. The van der Waals surface area contributed by atoms with Crippen molar-refractivity contribution in [2.75, 3.05) is 52.4 Å². The molecule has 2 unspecified atom stereocenters. The second kappa shape index (κ2) is 78.0. The molecule has 0 aliphatic rings. The maximum Gasteiger partial charge on any atom is 4.00 e. The van der Waals surface area contributed by atoms with Crippen LogP contribution >= 0.6 is 0 Å². The smallest absolute Gasteiger partial charge is 1.00 e. The van der Waals surface area contributed by atoms with E-state index in [9.17, 15) is 4.74 Å². The average molecular weight is 1390 g/mol. The summed E-state index contributed by atoms with van der Waals surface area (Å²) in [6.07, 6.45) is 75.1. The van der Waals surface area contributed by atoms with Gasteiger partial charge in [0.1, 0.15) is 0 Å². The Bertz CT molecular complexity index is 1080. The fraction of sp³-hybridized carbons (Fsp3) is 1.00. The fourth-order valence-electron chi connectivity index (χ4n) is 14.7. The van der Waals surface area contributed by atoms with Crippen LogP contribution in [0.4, 0.5) is 0 Å². The summed E-state index contributed by atoms with van der Waals surface area (Å²) in [5.74, 6) is -0.120. The molecule has 0 radical (unpaired) electrons. The summed E-state index contributed by atoms with van der Waals surface area (Å²) in [7, 11) is 0. The van der Waals surface area contributed by atoms with Crippen molar-refractivity contribution in [2.45, 2.75) is 454 Å². The van der Waals surface area contributed by atoms with E-state index in [1.165, 1.54) is 412 Å². The van der Waals surface area contributed by atoms with Gasteiger partial charge in [0.15, 0.2) is 11.7 Å². The monoisotopic (exact) mass is 1390 g/mol. The first-order valence-corrected chi connectivity index (χ1v) is 40.5. The van der Waals surface area contributed by atoms with Crippen molar-refractivity contribution in [3.05, 3.63) is 0 Å². The zero-order valence-electron chi connectivity index (χ0n) is 63.6. The van der Waals surface area contributed by atoms with Crippen molar-refractivity contribution >= 4 is 0 Å². The van der Waals surface area contributed by atoms with E-state index in [2.05, 4.69) is 103 Å². The van der Waals surface area contributed by atoms with Crippen LogP contribution < -0.4 is 49.6 Å². The van der Waals surface area contributed by atoms with Crippen LogP contribution in [0, 0.1) is 11.8 Å². The molecule has 2 atom stereocenters. The van der Waals surface area contributed by atoms with Crippen molar-refractivity contribution < 1.29 is 76.1 Å². The van der Waals surface area contributed by atoms with Crippen molar-refractivity contribution in [3.8, 4) is 0 Å². The standard InChI is InChI=1S/C80H166N4O.4ClH.Ti/c1-13-25-35-43-51-59-69-81(70-60-52-44-36-26-14-2)79(77(23-11)67-33-21-9,82(71-61-53-45-37-27-15-3)72-62-54-46-38-28-16-4)85-80(78(24-12)68-34-22-10,83(73-63-55-47-39-29-17-5)74-64-56-48-40-30-18-6)84(75-65-57-49-41-31-19-7)76-66-58-50-42-32-20-8;;;;;/h77-78H,13-76H2,1-12H3;4*1H;/q;;;;;+4/p-4. The number of hydrogen-bond acceptors (Lipinski definition) is 5. The van der Waals surface area contributed by atoms with Crippen molar-refractivity contribution in [3.63, 3.8) is 0 Å². The number of hydrogen-bond donors (Lipinski definition) is 0. The van der Waals surface area contributed by atoms with Gasteiger partial charge in [0.25, 0.3) is 0 Å². The molecule has 0 fully saturated rings. The van der Waals surface area contributed by atoms with Gasteiger partial charge in [-0.05, 0) is 77.0 Å². The largest absolute Gasteiger partial charge is 4.00 e. The Morgan fingerprint density at radius 2 is 0.333 bits per heavy atom. The Labute approximate surface area is 609 Å². The summed E-state index contributed by atoms with van der Waals surface area (Å²) in [5, 5.41) is 0. The minimum atomic E-state index is -0.496. The summed E-state index contributed by atoms with van der Waals surface area (Å²) in [6.45, 7) is 38.9. The van der Waals surface area contributed by atoms with Gasteiger partial charge in [-0.1, -0.05) is 366 Å². The van der Waals surface area contributed by atoms with Crippen LogP contribution in [0.5, 0.6) is 0 Å². The molecule has 0 bridgehead atoms. The molecular weight excluding hydrogens is 1220 g/mol. The van der Waals surface area contributed by atoms with Crippen molar-refractivity contribution in [1.82, 2.24) is 19.6 Å². The van der Waals surface area contributed by atoms with E-state index in [1.54, 1.807) is 0 Å². The van der Waals surface area contributed by atoms with Crippen LogP contribution in [0.15, 0.2) is 0 Å². The molecule has 5 nitrogen and oxygen atoms in total. The number of unbranched alkanes of at least 4 members (excludes halogenated alkanes) is 42. The molecule has 0 aromatic carbocycles. The number of nitrogens with zero attached hydrogens (tertiary/aromatic N) is 4. The normalized spacial score (nSPS) is 12.5. The third kappa shape index (κ3) is 49.2. The molecule has 0 aromatic rings. The third-order valence-corrected chi connectivity index (χ3v) is 20.2. The molecule has 10 heteroatoms. The molecule has 0 rings (SSSR count). The van der Waals surface area contributed by atoms with Crippen molar-refractivity contribution in [2.24, 2.45) is 11.8 Å². The topological polar surface area (TPSA) is 22.2 Å². The molecule has 0 amide bonds. The van der Waals surface area contributed by atoms with E-state index in [-0.39, 0.29) is 71.3 Å². The first kappa shape index (κ1) is 103. The predicted molar refractivity (Wildman–Crippen MR) is 386 cm³/mol. The van der Waals surface area contributed by atoms with E-state index in [1.807, 2.05) is 0 Å². The minimum absolute atomic E-state index is 0. The molecule has 0 aliphatic carbocycles. The van der Waals surface area contributed by atoms with Gasteiger partial charge in [-0.25, -0.2) is 0 Å². The van der Waals surface area contributed by atoms with Crippen LogP contribution in [0.1, 0.15) is 443 Å².